The Morgan fingerprint density at radius 1 is 1.19 bits per heavy atom. The highest BCUT2D eigenvalue weighted by Crippen LogP contribution is 2.33. The molecule has 0 aliphatic carbocycles. The van der Waals surface area contributed by atoms with Gasteiger partial charge in [-0.25, -0.2) is 4.39 Å². The Morgan fingerprint density at radius 2 is 1.90 bits per heavy atom. The standard InChI is InChI=1S/C16H17Cl2FN2/c1-2-21(15-6-4-3-5-14(15)19)16(10-20)12-8-7-11(17)9-13(12)18/h3-9,16H,2,10,20H2,1H3. The summed E-state index contributed by atoms with van der Waals surface area (Å²) in [6.45, 7) is 2.89. The van der Waals surface area contributed by atoms with Crippen LogP contribution in [0.1, 0.15) is 18.5 Å². The number of nitrogens with zero attached hydrogens (tertiary/aromatic N) is 1. The van der Waals surface area contributed by atoms with E-state index in [1.807, 2.05) is 17.9 Å². The molecule has 2 aromatic rings. The fourth-order valence-corrected chi connectivity index (χ4v) is 2.97. The third-order valence-corrected chi connectivity index (χ3v) is 3.99. The predicted molar refractivity (Wildman–Crippen MR) is 87.7 cm³/mol. The van der Waals surface area contributed by atoms with E-state index in [1.54, 1.807) is 30.3 Å². The molecular weight excluding hydrogens is 310 g/mol. The Morgan fingerprint density at radius 3 is 2.48 bits per heavy atom. The van der Waals surface area contributed by atoms with Crippen molar-refractivity contribution in [3.05, 3.63) is 63.9 Å². The number of nitrogens with two attached hydrogens (primary N) is 1. The van der Waals surface area contributed by atoms with Crippen molar-refractivity contribution >= 4 is 28.9 Å². The van der Waals surface area contributed by atoms with Crippen LogP contribution >= 0.6 is 23.2 Å². The van der Waals surface area contributed by atoms with E-state index in [0.717, 1.165) is 5.56 Å². The maximum absolute atomic E-state index is 14.1. The molecule has 21 heavy (non-hydrogen) atoms. The zero-order valence-corrected chi connectivity index (χ0v) is 13.2. The van der Waals surface area contributed by atoms with E-state index in [1.165, 1.54) is 6.07 Å². The molecule has 0 heterocycles. The van der Waals surface area contributed by atoms with E-state index in [0.29, 0.717) is 28.8 Å². The average Bonchev–Trinajstić information content (AvgIpc) is 2.47. The van der Waals surface area contributed by atoms with Gasteiger partial charge in [0.05, 0.1) is 11.7 Å². The van der Waals surface area contributed by atoms with Gasteiger partial charge in [0, 0.05) is 23.1 Å². The smallest absolute Gasteiger partial charge is 0.146 e. The third kappa shape index (κ3) is 3.49. The minimum absolute atomic E-state index is 0.211. The maximum atomic E-state index is 14.1. The molecule has 5 heteroatoms. The number of rotatable bonds is 5. The van der Waals surface area contributed by atoms with Crippen LogP contribution in [0.15, 0.2) is 42.5 Å². The first-order chi connectivity index (χ1) is 10.1. The van der Waals surface area contributed by atoms with Crippen LogP contribution in [0.25, 0.3) is 0 Å². The van der Waals surface area contributed by atoms with E-state index in [4.69, 9.17) is 28.9 Å². The van der Waals surface area contributed by atoms with Crippen LogP contribution in [-0.2, 0) is 0 Å². The number of benzene rings is 2. The van der Waals surface area contributed by atoms with E-state index >= 15 is 0 Å². The fourth-order valence-electron chi connectivity index (χ4n) is 2.44. The van der Waals surface area contributed by atoms with Crippen LogP contribution in [0.4, 0.5) is 10.1 Å². The quantitative estimate of drug-likeness (QED) is 0.865. The van der Waals surface area contributed by atoms with Gasteiger partial charge < -0.3 is 10.6 Å². The third-order valence-electron chi connectivity index (χ3n) is 3.42. The zero-order valence-electron chi connectivity index (χ0n) is 11.7. The molecule has 2 aromatic carbocycles. The fraction of sp³-hybridized carbons (Fsp3) is 0.250. The van der Waals surface area contributed by atoms with Crippen molar-refractivity contribution in [3.63, 3.8) is 0 Å². The summed E-state index contributed by atoms with van der Waals surface area (Å²) in [5.41, 5.74) is 7.28. The first-order valence-electron chi connectivity index (χ1n) is 6.74. The monoisotopic (exact) mass is 326 g/mol. The highest BCUT2D eigenvalue weighted by atomic mass is 35.5. The number of anilines is 1. The van der Waals surface area contributed by atoms with Crippen molar-refractivity contribution in [2.75, 3.05) is 18.0 Å². The van der Waals surface area contributed by atoms with Crippen molar-refractivity contribution in [3.8, 4) is 0 Å². The Labute approximate surface area is 134 Å². The van der Waals surface area contributed by atoms with Crippen LogP contribution in [0, 0.1) is 5.82 Å². The second-order valence-corrected chi connectivity index (χ2v) is 5.50. The molecule has 0 aliphatic rings. The summed E-state index contributed by atoms with van der Waals surface area (Å²) in [7, 11) is 0. The molecule has 0 aliphatic heterocycles. The van der Waals surface area contributed by atoms with Gasteiger partial charge >= 0.3 is 0 Å². The molecule has 0 radical (unpaired) electrons. The van der Waals surface area contributed by atoms with Crippen molar-refractivity contribution in [2.45, 2.75) is 13.0 Å². The molecule has 0 amide bonds. The lowest BCUT2D eigenvalue weighted by Gasteiger charge is -2.33. The summed E-state index contributed by atoms with van der Waals surface area (Å²) in [6.07, 6.45) is 0. The van der Waals surface area contributed by atoms with Crippen LogP contribution < -0.4 is 10.6 Å². The summed E-state index contributed by atoms with van der Waals surface area (Å²) in [6, 6.07) is 11.7. The highest BCUT2D eigenvalue weighted by Gasteiger charge is 2.22. The minimum atomic E-state index is -0.275. The van der Waals surface area contributed by atoms with Gasteiger partial charge in [0.2, 0.25) is 0 Å². The number of halogens is 3. The second-order valence-electron chi connectivity index (χ2n) is 4.65. The van der Waals surface area contributed by atoms with Crippen molar-refractivity contribution in [2.24, 2.45) is 5.73 Å². The minimum Gasteiger partial charge on any atom is -0.361 e. The first kappa shape index (κ1) is 16.1. The van der Waals surface area contributed by atoms with Gasteiger partial charge in [-0.15, -0.1) is 0 Å². The summed E-state index contributed by atoms with van der Waals surface area (Å²) >= 11 is 12.2. The van der Waals surface area contributed by atoms with Crippen molar-refractivity contribution < 1.29 is 4.39 Å². The zero-order chi connectivity index (χ0) is 15.4. The normalized spacial score (nSPS) is 12.2. The Bertz CT molecular complexity index is 619. The Balaban J connectivity index is 2.45. The van der Waals surface area contributed by atoms with Crippen LogP contribution in [0.5, 0.6) is 0 Å². The van der Waals surface area contributed by atoms with Crippen molar-refractivity contribution in [1.29, 1.82) is 0 Å². The summed E-state index contributed by atoms with van der Waals surface area (Å²) < 4.78 is 14.1. The molecule has 1 unspecified atom stereocenters. The SMILES string of the molecule is CCN(c1ccccc1F)C(CN)c1ccc(Cl)cc1Cl. The molecule has 2 N–H and O–H groups in total. The van der Waals surface area contributed by atoms with Gasteiger partial charge in [-0.3, -0.25) is 0 Å². The van der Waals surface area contributed by atoms with E-state index in [-0.39, 0.29) is 11.9 Å². The lowest BCUT2D eigenvalue weighted by Crippen LogP contribution is -2.34. The summed E-state index contributed by atoms with van der Waals surface area (Å²) in [5.74, 6) is -0.275. The molecule has 0 spiro atoms. The number of hydrogen-bond donors (Lipinski definition) is 1. The molecule has 0 saturated heterocycles. The van der Waals surface area contributed by atoms with Gasteiger partial charge in [-0.1, -0.05) is 41.4 Å². The lowest BCUT2D eigenvalue weighted by atomic mass is 10.0. The van der Waals surface area contributed by atoms with Gasteiger partial charge in [-0.2, -0.15) is 0 Å². The number of likely N-dealkylation sites (N-methyl/N-ethyl adjacent to an activating group) is 1. The molecule has 0 aromatic heterocycles. The van der Waals surface area contributed by atoms with Gasteiger partial charge in [0.25, 0.3) is 0 Å². The molecule has 112 valence electrons. The summed E-state index contributed by atoms with van der Waals surface area (Å²) in [4.78, 5) is 1.91. The molecule has 2 nitrogen and oxygen atoms in total. The topological polar surface area (TPSA) is 29.3 Å². The Kier molecular flexibility index (Phi) is 5.45. The van der Waals surface area contributed by atoms with Crippen molar-refractivity contribution in [1.82, 2.24) is 0 Å². The largest absolute Gasteiger partial charge is 0.361 e. The Hall–Kier alpha value is -1.29. The maximum Gasteiger partial charge on any atom is 0.146 e. The molecule has 0 bridgehead atoms. The first-order valence-corrected chi connectivity index (χ1v) is 7.50. The molecule has 0 saturated carbocycles. The van der Waals surface area contributed by atoms with Gasteiger partial charge in [0.15, 0.2) is 0 Å². The highest BCUT2D eigenvalue weighted by molar-refractivity contribution is 6.35. The molecule has 2 rings (SSSR count). The predicted octanol–water partition coefficient (Wildman–Crippen LogP) is 4.66. The van der Waals surface area contributed by atoms with E-state index < -0.39 is 0 Å². The van der Waals surface area contributed by atoms with Gasteiger partial charge in [-0.05, 0) is 36.8 Å². The van der Waals surface area contributed by atoms with E-state index in [9.17, 15) is 4.39 Å². The molecule has 0 fully saturated rings. The van der Waals surface area contributed by atoms with Crippen LogP contribution in [0.3, 0.4) is 0 Å². The molecular formula is C16H17Cl2FN2. The lowest BCUT2D eigenvalue weighted by molar-refractivity contribution is 0.588. The molecule has 1 atom stereocenters. The summed E-state index contributed by atoms with van der Waals surface area (Å²) in [5, 5.41) is 1.10. The second kappa shape index (κ2) is 7.12. The van der Waals surface area contributed by atoms with Crippen LogP contribution in [0.2, 0.25) is 10.0 Å². The number of hydrogen-bond acceptors (Lipinski definition) is 2. The average molecular weight is 327 g/mol. The van der Waals surface area contributed by atoms with E-state index in [2.05, 4.69) is 0 Å². The number of para-hydroxylation sites is 1. The van der Waals surface area contributed by atoms with Crippen LogP contribution in [-0.4, -0.2) is 13.1 Å². The van der Waals surface area contributed by atoms with Gasteiger partial charge in [0.1, 0.15) is 5.82 Å².